The van der Waals surface area contributed by atoms with E-state index in [0.717, 1.165) is 25.0 Å². The first-order valence-corrected chi connectivity index (χ1v) is 13.6. The van der Waals surface area contributed by atoms with Gasteiger partial charge in [0.25, 0.3) is 0 Å². The van der Waals surface area contributed by atoms with Crippen molar-refractivity contribution in [3.63, 3.8) is 0 Å². The third-order valence-electron chi connectivity index (χ3n) is 6.81. The SMILES string of the molecule is CC(C)CC(=O)N(CC(=O)N1CCc2sccc2[C@H]1COc1ccc(C(C)C)cc1)CC1CC1. The second-order valence-electron chi connectivity index (χ2n) is 10.5. The highest BCUT2D eigenvalue weighted by atomic mass is 32.1. The highest BCUT2D eigenvalue weighted by Crippen LogP contribution is 2.35. The zero-order chi connectivity index (χ0) is 24.2. The van der Waals surface area contributed by atoms with Crippen LogP contribution in [0, 0.1) is 11.8 Å². The lowest BCUT2D eigenvalue weighted by atomic mass is 10.00. The lowest BCUT2D eigenvalue weighted by molar-refractivity contribution is -0.143. The van der Waals surface area contributed by atoms with Crippen LogP contribution in [-0.2, 0) is 16.0 Å². The normalized spacial score (nSPS) is 17.7. The van der Waals surface area contributed by atoms with Crippen molar-refractivity contribution in [1.29, 1.82) is 0 Å². The Morgan fingerprint density at radius 2 is 1.85 bits per heavy atom. The van der Waals surface area contributed by atoms with Crippen LogP contribution in [0.3, 0.4) is 0 Å². The average molecular weight is 483 g/mol. The molecular formula is C28H38N2O3S. The van der Waals surface area contributed by atoms with Crippen molar-refractivity contribution in [2.45, 2.75) is 65.3 Å². The van der Waals surface area contributed by atoms with Crippen molar-refractivity contribution < 1.29 is 14.3 Å². The maximum Gasteiger partial charge on any atom is 0.242 e. The summed E-state index contributed by atoms with van der Waals surface area (Å²) in [6.07, 6.45) is 3.68. The molecule has 2 amide bonds. The molecule has 1 fully saturated rings. The molecular weight excluding hydrogens is 444 g/mol. The monoisotopic (exact) mass is 482 g/mol. The summed E-state index contributed by atoms with van der Waals surface area (Å²) in [5.74, 6) is 2.27. The topological polar surface area (TPSA) is 49.9 Å². The number of benzene rings is 1. The Hall–Kier alpha value is -2.34. The maximum atomic E-state index is 13.6. The zero-order valence-corrected chi connectivity index (χ0v) is 21.8. The zero-order valence-electron chi connectivity index (χ0n) is 21.0. The van der Waals surface area contributed by atoms with Crippen molar-refractivity contribution in [1.82, 2.24) is 9.80 Å². The van der Waals surface area contributed by atoms with Crippen molar-refractivity contribution in [3.05, 3.63) is 51.7 Å². The van der Waals surface area contributed by atoms with E-state index >= 15 is 0 Å². The molecule has 4 rings (SSSR count). The molecule has 5 nitrogen and oxygen atoms in total. The predicted octanol–water partition coefficient (Wildman–Crippen LogP) is 5.66. The summed E-state index contributed by atoms with van der Waals surface area (Å²) in [5.41, 5.74) is 2.47. The Balaban J connectivity index is 1.47. The Kier molecular flexibility index (Phi) is 7.97. The number of nitrogens with zero attached hydrogens (tertiary/aromatic N) is 2. The predicted molar refractivity (Wildman–Crippen MR) is 137 cm³/mol. The van der Waals surface area contributed by atoms with Gasteiger partial charge in [-0.1, -0.05) is 39.8 Å². The second kappa shape index (κ2) is 10.9. The molecule has 2 aromatic rings. The standard InChI is InChI=1S/C28H38N2O3S/c1-19(2)15-27(31)29(16-21-5-6-21)17-28(32)30-13-11-26-24(12-14-34-26)25(30)18-33-23-9-7-22(8-10-23)20(3)4/h7-10,12,14,19-21,25H,5-6,11,13,15-18H2,1-4H3/t25-/m1/s1. The van der Waals surface area contributed by atoms with Gasteiger partial charge in [-0.15, -0.1) is 11.3 Å². The second-order valence-corrected chi connectivity index (χ2v) is 11.5. The van der Waals surface area contributed by atoms with Gasteiger partial charge in [-0.3, -0.25) is 9.59 Å². The largest absolute Gasteiger partial charge is 0.491 e. The van der Waals surface area contributed by atoms with Crippen LogP contribution in [0.4, 0.5) is 0 Å². The number of ether oxygens (including phenoxy) is 1. The molecule has 1 atom stereocenters. The maximum absolute atomic E-state index is 13.6. The van der Waals surface area contributed by atoms with Gasteiger partial charge in [0, 0.05) is 24.4 Å². The number of amides is 2. The summed E-state index contributed by atoms with van der Waals surface area (Å²) in [7, 11) is 0. The van der Waals surface area contributed by atoms with Crippen molar-refractivity contribution in [2.24, 2.45) is 11.8 Å². The Labute approximate surface area is 208 Å². The summed E-state index contributed by atoms with van der Waals surface area (Å²) in [6, 6.07) is 10.2. The van der Waals surface area contributed by atoms with E-state index in [0.29, 0.717) is 38.0 Å². The van der Waals surface area contributed by atoms with Gasteiger partial charge in [-0.2, -0.15) is 0 Å². The van der Waals surface area contributed by atoms with E-state index < -0.39 is 0 Å². The molecule has 0 spiro atoms. The first kappa shape index (κ1) is 24.8. The molecule has 34 heavy (non-hydrogen) atoms. The van der Waals surface area contributed by atoms with Gasteiger partial charge in [0.1, 0.15) is 12.4 Å². The fourth-order valence-corrected chi connectivity index (χ4v) is 5.53. The van der Waals surface area contributed by atoms with Crippen molar-refractivity contribution in [3.8, 4) is 5.75 Å². The number of hydrogen-bond donors (Lipinski definition) is 0. The highest BCUT2D eigenvalue weighted by molar-refractivity contribution is 7.10. The first-order valence-electron chi connectivity index (χ1n) is 12.7. The van der Waals surface area contributed by atoms with E-state index in [2.05, 4.69) is 51.3 Å². The van der Waals surface area contributed by atoms with Crippen molar-refractivity contribution in [2.75, 3.05) is 26.2 Å². The minimum absolute atomic E-state index is 0.0263. The third-order valence-corrected chi connectivity index (χ3v) is 7.80. The van der Waals surface area contributed by atoms with Gasteiger partial charge >= 0.3 is 0 Å². The molecule has 1 aliphatic heterocycles. The highest BCUT2D eigenvalue weighted by Gasteiger charge is 2.35. The van der Waals surface area contributed by atoms with Crippen LogP contribution < -0.4 is 4.74 Å². The number of fused-ring (bicyclic) bond motifs is 1. The smallest absolute Gasteiger partial charge is 0.242 e. The number of rotatable bonds is 10. The molecule has 0 bridgehead atoms. The van der Waals surface area contributed by atoms with Crippen molar-refractivity contribution >= 4 is 23.2 Å². The van der Waals surface area contributed by atoms with Gasteiger partial charge in [0.05, 0.1) is 12.6 Å². The van der Waals surface area contributed by atoms with Crippen LogP contribution in [0.1, 0.15) is 74.9 Å². The van der Waals surface area contributed by atoms with E-state index in [1.165, 1.54) is 16.0 Å². The van der Waals surface area contributed by atoms with Gasteiger partial charge in [0.15, 0.2) is 0 Å². The summed E-state index contributed by atoms with van der Waals surface area (Å²) in [4.78, 5) is 31.5. The van der Waals surface area contributed by atoms with Crippen LogP contribution in [0.15, 0.2) is 35.7 Å². The van der Waals surface area contributed by atoms with Crippen LogP contribution in [0.25, 0.3) is 0 Å². The van der Waals surface area contributed by atoms with Gasteiger partial charge in [-0.05, 0) is 71.7 Å². The summed E-state index contributed by atoms with van der Waals surface area (Å²) < 4.78 is 6.20. The number of carbonyl (C=O) groups excluding carboxylic acids is 2. The Morgan fingerprint density at radius 3 is 2.50 bits per heavy atom. The van der Waals surface area contributed by atoms with E-state index in [4.69, 9.17) is 4.74 Å². The summed E-state index contributed by atoms with van der Waals surface area (Å²) >= 11 is 1.75. The molecule has 0 radical (unpaired) electrons. The van der Waals surface area contributed by atoms with E-state index in [1.54, 1.807) is 11.3 Å². The molecule has 0 N–H and O–H groups in total. The third kappa shape index (κ3) is 6.21. The van der Waals surface area contributed by atoms with Gasteiger partial charge < -0.3 is 14.5 Å². The number of hydrogen-bond acceptors (Lipinski definition) is 4. The number of thiophene rings is 1. The Bertz CT molecular complexity index is 978. The molecule has 0 saturated heterocycles. The lowest BCUT2D eigenvalue weighted by Gasteiger charge is -2.37. The van der Waals surface area contributed by atoms with E-state index in [-0.39, 0.29) is 30.3 Å². The van der Waals surface area contributed by atoms with E-state index in [1.807, 2.05) is 21.9 Å². The summed E-state index contributed by atoms with van der Waals surface area (Å²) in [6.45, 7) is 10.4. The summed E-state index contributed by atoms with van der Waals surface area (Å²) in [5, 5.41) is 2.11. The number of carbonyl (C=O) groups is 2. The molecule has 1 saturated carbocycles. The molecule has 2 heterocycles. The average Bonchev–Trinajstić information content (AvgIpc) is 3.49. The fraction of sp³-hybridized carbons (Fsp3) is 0.571. The van der Waals surface area contributed by atoms with Gasteiger partial charge in [-0.25, -0.2) is 0 Å². The quantitative estimate of drug-likeness (QED) is 0.439. The minimum Gasteiger partial charge on any atom is -0.491 e. The van der Waals surface area contributed by atoms with Crippen LogP contribution in [0.5, 0.6) is 5.75 Å². The minimum atomic E-state index is -0.129. The first-order chi connectivity index (χ1) is 16.3. The molecule has 1 aromatic carbocycles. The molecule has 2 aliphatic rings. The molecule has 1 aliphatic carbocycles. The van der Waals surface area contributed by atoms with E-state index in [9.17, 15) is 9.59 Å². The Morgan fingerprint density at radius 1 is 1.12 bits per heavy atom. The molecule has 0 unspecified atom stereocenters. The van der Waals surface area contributed by atoms with Gasteiger partial charge in [0.2, 0.25) is 11.8 Å². The lowest BCUT2D eigenvalue weighted by Crippen LogP contribution is -2.48. The van der Waals surface area contributed by atoms with Crippen LogP contribution >= 0.6 is 11.3 Å². The molecule has 6 heteroatoms. The van der Waals surface area contributed by atoms with Crippen LogP contribution in [0.2, 0.25) is 0 Å². The molecule has 1 aromatic heterocycles. The molecule has 184 valence electrons. The fourth-order valence-electron chi connectivity index (χ4n) is 4.60. The van der Waals surface area contributed by atoms with Crippen LogP contribution in [-0.4, -0.2) is 47.9 Å².